The zero-order chi connectivity index (χ0) is 18.5. The van der Waals surface area contributed by atoms with Crippen molar-refractivity contribution < 1.29 is 15.0 Å². The van der Waals surface area contributed by atoms with Crippen molar-refractivity contribution in [2.75, 3.05) is 6.54 Å². The number of rotatable bonds is 5. The maximum atomic E-state index is 12.4. The van der Waals surface area contributed by atoms with Gasteiger partial charge in [-0.2, -0.15) is 0 Å². The van der Waals surface area contributed by atoms with Crippen LogP contribution < -0.4 is 5.32 Å². The Kier molecular flexibility index (Phi) is 5.24. The lowest BCUT2D eigenvalue weighted by molar-refractivity contribution is 0.0915. The van der Waals surface area contributed by atoms with E-state index in [1.165, 1.54) is 18.3 Å². The number of aliphatic hydroxyl groups is 1. The number of amides is 1. The van der Waals surface area contributed by atoms with E-state index in [9.17, 15) is 15.0 Å². The maximum Gasteiger partial charge on any atom is 0.254 e. The van der Waals surface area contributed by atoms with E-state index in [-0.39, 0.29) is 18.2 Å². The Hall–Kier alpha value is -3.25. The Labute approximate surface area is 151 Å². The summed E-state index contributed by atoms with van der Waals surface area (Å²) in [7, 11) is 0. The summed E-state index contributed by atoms with van der Waals surface area (Å²) in [5.74, 6) is 0.333. The van der Waals surface area contributed by atoms with Gasteiger partial charge in [0.2, 0.25) is 0 Å². The van der Waals surface area contributed by atoms with E-state index >= 15 is 0 Å². The Morgan fingerprint density at radius 1 is 1.12 bits per heavy atom. The molecule has 0 spiro atoms. The number of phenolic OH excluding ortho intramolecular Hbond substituents is 1. The van der Waals surface area contributed by atoms with Crippen molar-refractivity contribution >= 4 is 5.91 Å². The molecular weight excluding hydrogens is 330 g/mol. The van der Waals surface area contributed by atoms with E-state index < -0.39 is 6.10 Å². The normalized spacial score (nSPS) is 11.8. The van der Waals surface area contributed by atoms with Crippen LogP contribution in [-0.2, 0) is 0 Å². The van der Waals surface area contributed by atoms with Crippen LogP contribution in [0.2, 0.25) is 0 Å². The van der Waals surface area contributed by atoms with Gasteiger partial charge < -0.3 is 15.5 Å². The number of nitrogens with one attached hydrogen (secondary N) is 1. The second-order valence-electron chi connectivity index (χ2n) is 5.88. The highest BCUT2D eigenvalue weighted by atomic mass is 16.3. The highest BCUT2D eigenvalue weighted by Crippen LogP contribution is 2.17. The Morgan fingerprint density at radius 2 is 1.81 bits per heavy atom. The molecule has 132 valence electrons. The summed E-state index contributed by atoms with van der Waals surface area (Å²) >= 11 is 0. The van der Waals surface area contributed by atoms with Crippen molar-refractivity contribution in [2.45, 2.75) is 13.0 Å². The third-order valence-electron chi connectivity index (χ3n) is 3.99. The second kappa shape index (κ2) is 7.76. The van der Waals surface area contributed by atoms with Gasteiger partial charge in [-0.3, -0.25) is 4.79 Å². The number of aromatic hydroxyl groups is 1. The number of benzene rings is 2. The van der Waals surface area contributed by atoms with Crippen molar-refractivity contribution in [1.82, 2.24) is 15.3 Å². The van der Waals surface area contributed by atoms with Gasteiger partial charge in [-0.1, -0.05) is 42.5 Å². The molecule has 0 aliphatic rings. The molecule has 3 aromatic rings. The first-order chi connectivity index (χ1) is 12.5. The third-order valence-corrected chi connectivity index (χ3v) is 3.99. The van der Waals surface area contributed by atoms with E-state index in [0.717, 1.165) is 5.56 Å². The van der Waals surface area contributed by atoms with E-state index in [4.69, 9.17) is 0 Å². The molecule has 0 aliphatic carbocycles. The van der Waals surface area contributed by atoms with Crippen LogP contribution in [0.3, 0.4) is 0 Å². The van der Waals surface area contributed by atoms with Gasteiger partial charge in [-0.15, -0.1) is 0 Å². The van der Waals surface area contributed by atoms with Gasteiger partial charge in [0.15, 0.2) is 5.82 Å². The smallest absolute Gasteiger partial charge is 0.254 e. The van der Waals surface area contributed by atoms with Gasteiger partial charge in [0.05, 0.1) is 17.4 Å². The van der Waals surface area contributed by atoms with Gasteiger partial charge in [0, 0.05) is 18.3 Å². The minimum absolute atomic E-state index is 0.0451. The fraction of sp³-hybridized carbons (Fsp3) is 0.150. The molecular formula is C20H19N3O3. The van der Waals surface area contributed by atoms with Crippen molar-refractivity contribution in [2.24, 2.45) is 0 Å². The highest BCUT2D eigenvalue weighted by Gasteiger charge is 2.15. The molecule has 1 atom stereocenters. The molecule has 0 saturated heterocycles. The highest BCUT2D eigenvalue weighted by molar-refractivity contribution is 5.95. The molecule has 0 unspecified atom stereocenters. The summed E-state index contributed by atoms with van der Waals surface area (Å²) in [6.07, 6.45) is 0.622. The fourth-order valence-electron chi connectivity index (χ4n) is 2.52. The first kappa shape index (κ1) is 17.6. The second-order valence-corrected chi connectivity index (χ2v) is 5.88. The Bertz CT molecular complexity index is 896. The monoisotopic (exact) mass is 349 g/mol. The third kappa shape index (κ3) is 4.04. The molecule has 6 nitrogen and oxygen atoms in total. The molecule has 1 amide bonds. The minimum atomic E-state index is -0.871. The van der Waals surface area contributed by atoms with Gasteiger partial charge in [0.1, 0.15) is 5.75 Å². The standard InChI is InChI=1S/C20H19N3O3/c1-13-17(11-21-19(23-13)15-5-3-2-4-6-15)20(26)22-12-18(25)14-7-9-16(24)10-8-14/h2-11,18,24-25H,12H2,1H3,(H,22,26)/t18-/m0/s1. The van der Waals surface area contributed by atoms with E-state index in [1.54, 1.807) is 19.1 Å². The molecule has 3 N–H and O–H groups in total. The van der Waals surface area contributed by atoms with Crippen LogP contribution >= 0.6 is 0 Å². The SMILES string of the molecule is Cc1nc(-c2ccccc2)ncc1C(=O)NC[C@H](O)c1ccc(O)cc1. The number of carbonyl (C=O) groups excluding carboxylic acids is 1. The molecule has 6 heteroatoms. The quantitative estimate of drug-likeness (QED) is 0.658. The Morgan fingerprint density at radius 3 is 2.46 bits per heavy atom. The topological polar surface area (TPSA) is 95.3 Å². The predicted molar refractivity (Wildman–Crippen MR) is 97.6 cm³/mol. The maximum absolute atomic E-state index is 12.4. The van der Waals surface area contributed by atoms with Gasteiger partial charge in [-0.25, -0.2) is 9.97 Å². The summed E-state index contributed by atoms with van der Waals surface area (Å²) in [5, 5.41) is 22.1. The number of phenols is 1. The van der Waals surface area contributed by atoms with Gasteiger partial charge >= 0.3 is 0 Å². The first-order valence-corrected chi connectivity index (χ1v) is 8.19. The molecule has 3 rings (SSSR count). The molecule has 0 bridgehead atoms. The van der Waals surface area contributed by atoms with E-state index in [1.807, 2.05) is 30.3 Å². The lowest BCUT2D eigenvalue weighted by atomic mass is 10.1. The molecule has 26 heavy (non-hydrogen) atoms. The molecule has 2 aromatic carbocycles. The van der Waals surface area contributed by atoms with E-state index in [2.05, 4.69) is 15.3 Å². The Balaban J connectivity index is 1.67. The van der Waals surface area contributed by atoms with Crippen LogP contribution in [0.5, 0.6) is 5.75 Å². The molecule has 0 aliphatic heterocycles. The van der Waals surface area contributed by atoms with Crippen LogP contribution in [0.25, 0.3) is 11.4 Å². The van der Waals surface area contributed by atoms with Crippen molar-refractivity contribution in [1.29, 1.82) is 0 Å². The average Bonchev–Trinajstić information content (AvgIpc) is 2.67. The van der Waals surface area contributed by atoms with Crippen molar-refractivity contribution in [3.63, 3.8) is 0 Å². The van der Waals surface area contributed by atoms with Crippen molar-refractivity contribution in [3.8, 4) is 17.1 Å². The summed E-state index contributed by atoms with van der Waals surface area (Å²) in [4.78, 5) is 21.0. The molecule has 1 aromatic heterocycles. The average molecular weight is 349 g/mol. The number of aromatic nitrogens is 2. The number of aryl methyl sites for hydroxylation is 1. The fourth-order valence-corrected chi connectivity index (χ4v) is 2.52. The zero-order valence-electron chi connectivity index (χ0n) is 14.3. The number of nitrogens with zero attached hydrogens (tertiary/aromatic N) is 2. The summed E-state index contributed by atoms with van der Waals surface area (Å²) in [6, 6.07) is 15.7. The first-order valence-electron chi connectivity index (χ1n) is 8.19. The molecule has 0 fully saturated rings. The lowest BCUT2D eigenvalue weighted by Gasteiger charge is -2.13. The predicted octanol–water partition coefficient (Wildman–Crippen LogP) is 2.62. The van der Waals surface area contributed by atoms with Crippen molar-refractivity contribution in [3.05, 3.63) is 77.6 Å². The van der Waals surface area contributed by atoms with Crippen LogP contribution in [0, 0.1) is 6.92 Å². The number of aliphatic hydroxyl groups excluding tert-OH is 1. The van der Waals surface area contributed by atoms with Gasteiger partial charge in [-0.05, 0) is 24.6 Å². The molecule has 0 saturated carbocycles. The van der Waals surface area contributed by atoms with Crippen LogP contribution in [-0.4, -0.2) is 32.6 Å². The molecule has 0 radical (unpaired) electrons. The van der Waals surface area contributed by atoms with Crippen LogP contribution in [0.1, 0.15) is 27.7 Å². The number of hydrogen-bond donors (Lipinski definition) is 3. The largest absolute Gasteiger partial charge is 0.508 e. The minimum Gasteiger partial charge on any atom is -0.508 e. The summed E-state index contributed by atoms with van der Waals surface area (Å²) in [5.41, 5.74) is 2.42. The number of carbonyl (C=O) groups is 1. The van der Waals surface area contributed by atoms with Gasteiger partial charge in [0.25, 0.3) is 5.91 Å². The molecule has 1 heterocycles. The zero-order valence-corrected chi connectivity index (χ0v) is 14.3. The van der Waals surface area contributed by atoms with E-state index in [0.29, 0.717) is 22.6 Å². The number of hydrogen-bond acceptors (Lipinski definition) is 5. The van der Waals surface area contributed by atoms with Crippen LogP contribution in [0.15, 0.2) is 60.8 Å². The summed E-state index contributed by atoms with van der Waals surface area (Å²) in [6.45, 7) is 1.79. The summed E-state index contributed by atoms with van der Waals surface area (Å²) < 4.78 is 0. The lowest BCUT2D eigenvalue weighted by Crippen LogP contribution is -2.29. The van der Waals surface area contributed by atoms with Crippen LogP contribution in [0.4, 0.5) is 0 Å².